The van der Waals surface area contributed by atoms with Crippen LogP contribution in [-0.4, -0.2) is 35.2 Å². The molecule has 1 saturated carbocycles. The number of aromatic nitrogens is 2. The zero-order valence-electron chi connectivity index (χ0n) is 10.7. The van der Waals surface area contributed by atoms with Gasteiger partial charge in [0.15, 0.2) is 11.5 Å². The highest BCUT2D eigenvalue weighted by Gasteiger charge is 2.43. The Hall–Kier alpha value is -2.05. The SMILES string of the molecule is CCc1cc(NC(=O)[C@@H]2C[C@@H]2F)nnc1C(=O)NC. The summed E-state index contributed by atoms with van der Waals surface area (Å²) in [7, 11) is 1.51. The number of hydrogen-bond donors (Lipinski definition) is 2. The first-order valence-corrected chi connectivity index (χ1v) is 6.10. The Morgan fingerprint density at radius 3 is 2.68 bits per heavy atom. The molecule has 0 saturated heterocycles. The number of anilines is 1. The van der Waals surface area contributed by atoms with Crippen LogP contribution in [-0.2, 0) is 11.2 Å². The molecule has 1 aromatic heterocycles. The van der Waals surface area contributed by atoms with E-state index in [0.717, 1.165) is 0 Å². The second kappa shape index (κ2) is 5.29. The highest BCUT2D eigenvalue weighted by Crippen LogP contribution is 2.34. The zero-order chi connectivity index (χ0) is 14.0. The summed E-state index contributed by atoms with van der Waals surface area (Å²) in [6, 6.07) is 1.59. The number of amides is 2. The molecule has 0 radical (unpaired) electrons. The van der Waals surface area contributed by atoms with Gasteiger partial charge in [0.25, 0.3) is 5.91 Å². The van der Waals surface area contributed by atoms with Gasteiger partial charge in [0.1, 0.15) is 6.17 Å². The van der Waals surface area contributed by atoms with E-state index in [1.54, 1.807) is 6.07 Å². The normalized spacial score (nSPS) is 20.8. The van der Waals surface area contributed by atoms with Gasteiger partial charge in [-0.2, -0.15) is 0 Å². The lowest BCUT2D eigenvalue weighted by molar-refractivity contribution is -0.117. The fraction of sp³-hybridized carbons (Fsp3) is 0.500. The van der Waals surface area contributed by atoms with E-state index in [1.807, 2.05) is 6.92 Å². The van der Waals surface area contributed by atoms with Crippen LogP contribution in [0.2, 0.25) is 0 Å². The van der Waals surface area contributed by atoms with Gasteiger partial charge in [0, 0.05) is 7.05 Å². The van der Waals surface area contributed by atoms with Crippen LogP contribution in [0.3, 0.4) is 0 Å². The first-order chi connectivity index (χ1) is 9.06. The third-order valence-electron chi connectivity index (χ3n) is 3.00. The second-order valence-electron chi connectivity index (χ2n) is 4.38. The molecule has 19 heavy (non-hydrogen) atoms. The van der Waals surface area contributed by atoms with E-state index in [2.05, 4.69) is 20.8 Å². The van der Waals surface area contributed by atoms with Crippen LogP contribution in [0.15, 0.2) is 6.07 Å². The Balaban J connectivity index is 2.14. The van der Waals surface area contributed by atoms with Crippen molar-refractivity contribution in [2.45, 2.75) is 25.9 Å². The maximum atomic E-state index is 12.7. The average Bonchev–Trinajstić information content (AvgIpc) is 3.15. The lowest BCUT2D eigenvalue weighted by atomic mass is 10.1. The first-order valence-electron chi connectivity index (χ1n) is 6.10. The summed E-state index contributed by atoms with van der Waals surface area (Å²) in [5, 5.41) is 12.5. The Morgan fingerprint density at radius 1 is 1.47 bits per heavy atom. The minimum Gasteiger partial charge on any atom is -0.354 e. The summed E-state index contributed by atoms with van der Waals surface area (Å²) < 4.78 is 12.7. The smallest absolute Gasteiger partial charge is 0.271 e. The fourth-order valence-corrected chi connectivity index (χ4v) is 1.72. The third-order valence-corrected chi connectivity index (χ3v) is 3.00. The molecule has 2 amide bonds. The molecule has 2 atom stereocenters. The fourth-order valence-electron chi connectivity index (χ4n) is 1.72. The number of alkyl halides is 1. The van der Waals surface area contributed by atoms with E-state index in [1.165, 1.54) is 7.05 Å². The van der Waals surface area contributed by atoms with Gasteiger partial charge < -0.3 is 10.6 Å². The minimum atomic E-state index is -1.05. The third kappa shape index (κ3) is 2.86. The van der Waals surface area contributed by atoms with Gasteiger partial charge in [0.2, 0.25) is 5.91 Å². The molecule has 0 unspecified atom stereocenters. The predicted octanol–water partition coefficient (Wildman–Crippen LogP) is 0.695. The lowest BCUT2D eigenvalue weighted by Gasteiger charge is -2.08. The number of rotatable bonds is 4. The molecular weight excluding hydrogens is 251 g/mol. The van der Waals surface area contributed by atoms with Gasteiger partial charge in [-0.05, 0) is 24.5 Å². The summed E-state index contributed by atoms with van der Waals surface area (Å²) in [5.41, 5.74) is 0.912. The van der Waals surface area contributed by atoms with Crippen LogP contribution in [0.4, 0.5) is 10.2 Å². The molecule has 7 heteroatoms. The maximum Gasteiger partial charge on any atom is 0.271 e. The molecule has 1 aliphatic carbocycles. The Labute approximate surface area is 109 Å². The van der Waals surface area contributed by atoms with Crippen molar-refractivity contribution < 1.29 is 14.0 Å². The molecule has 1 heterocycles. The van der Waals surface area contributed by atoms with Crippen molar-refractivity contribution in [3.63, 3.8) is 0 Å². The number of carbonyl (C=O) groups is 2. The largest absolute Gasteiger partial charge is 0.354 e. The molecule has 1 fully saturated rings. The van der Waals surface area contributed by atoms with Crippen LogP contribution >= 0.6 is 0 Å². The Morgan fingerprint density at radius 2 is 2.16 bits per heavy atom. The molecular formula is C12H15FN4O2. The maximum absolute atomic E-state index is 12.7. The zero-order valence-corrected chi connectivity index (χ0v) is 10.7. The Kier molecular flexibility index (Phi) is 3.73. The van der Waals surface area contributed by atoms with E-state index in [9.17, 15) is 14.0 Å². The van der Waals surface area contributed by atoms with Crippen molar-refractivity contribution in [1.29, 1.82) is 0 Å². The molecule has 102 valence electrons. The van der Waals surface area contributed by atoms with Crippen molar-refractivity contribution in [1.82, 2.24) is 15.5 Å². The number of nitrogens with one attached hydrogen (secondary N) is 2. The number of aryl methyl sites for hydroxylation is 1. The lowest BCUT2D eigenvalue weighted by Crippen LogP contribution is -2.23. The second-order valence-corrected chi connectivity index (χ2v) is 4.38. The molecule has 1 aromatic rings. The van der Waals surface area contributed by atoms with Crippen molar-refractivity contribution >= 4 is 17.6 Å². The summed E-state index contributed by atoms with van der Waals surface area (Å²) in [5.74, 6) is -1.05. The van der Waals surface area contributed by atoms with E-state index in [0.29, 0.717) is 12.0 Å². The van der Waals surface area contributed by atoms with E-state index in [-0.39, 0.29) is 23.8 Å². The van der Waals surface area contributed by atoms with Crippen molar-refractivity contribution in [2.75, 3.05) is 12.4 Å². The molecule has 0 spiro atoms. The summed E-state index contributed by atoms with van der Waals surface area (Å²) >= 11 is 0. The number of halogens is 1. The van der Waals surface area contributed by atoms with Crippen LogP contribution in [0.5, 0.6) is 0 Å². The monoisotopic (exact) mass is 266 g/mol. The van der Waals surface area contributed by atoms with E-state index < -0.39 is 18.0 Å². The first kappa shape index (κ1) is 13.4. The van der Waals surface area contributed by atoms with Crippen LogP contribution in [0, 0.1) is 5.92 Å². The van der Waals surface area contributed by atoms with E-state index >= 15 is 0 Å². The van der Waals surface area contributed by atoms with Crippen molar-refractivity contribution in [2.24, 2.45) is 5.92 Å². The number of carbonyl (C=O) groups excluding carboxylic acids is 2. The molecule has 0 aromatic carbocycles. The molecule has 0 bridgehead atoms. The molecule has 0 aliphatic heterocycles. The standard InChI is InChI=1S/C12H15FN4O2/c1-3-6-4-9(15-11(18)7-5-8(7)13)16-17-10(6)12(19)14-2/h4,7-8H,3,5H2,1-2H3,(H,14,19)(H,15,16,18)/t7-,8+/m1/s1. The number of hydrogen-bond acceptors (Lipinski definition) is 4. The van der Waals surface area contributed by atoms with Crippen LogP contribution < -0.4 is 10.6 Å². The topological polar surface area (TPSA) is 84.0 Å². The predicted molar refractivity (Wildman–Crippen MR) is 66.4 cm³/mol. The van der Waals surface area contributed by atoms with Crippen molar-refractivity contribution in [3.8, 4) is 0 Å². The average molecular weight is 266 g/mol. The van der Waals surface area contributed by atoms with Crippen LogP contribution in [0.25, 0.3) is 0 Å². The Bertz CT molecular complexity index is 520. The minimum absolute atomic E-state index is 0.234. The van der Waals surface area contributed by atoms with Gasteiger partial charge in [-0.1, -0.05) is 6.92 Å². The highest BCUT2D eigenvalue weighted by atomic mass is 19.1. The summed E-state index contributed by atoms with van der Waals surface area (Å²) in [4.78, 5) is 23.1. The van der Waals surface area contributed by atoms with E-state index in [4.69, 9.17) is 0 Å². The van der Waals surface area contributed by atoms with Gasteiger partial charge in [-0.15, -0.1) is 10.2 Å². The molecule has 6 nitrogen and oxygen atoms in total. The van der Waals surface area contributed by atoms with Gasteiger partial charge in [-0.25, -0.2) is 4.39 Å². The molecule has 1 aliphatic rings. The van der Waals surface area contributed by atoms with Crippen molar-refractivity contribution in [3.05, 3.63) is 17.3 Å². The van der Waals surface area contributed by atoms with Gasteiger partial charge in [0.05, 0.1) is 5.92 Å². The highest BCUT2D eigenvalue weighted by molar-refractivity contribution is 5.95. The van der Waals surface area contributed by atoms with Crippen LogP contribution in [0.1, 0.15) is 29.4 Å². The quantitative estimate of drug-likeness (QED) is 0.840. The summed E-state index contributed by atoms with van der Waals surface area (Å²) in [6.45, 7) is 1.87. The molecule has 2 N–H and O–H groups in total. The van der Waals surface area contributed by atoms with Gasteiger partial charge in [-0.3, -0.25) is 9.59 Å². The molecule has 2 rings (SSSR count). The summed E-state index contributed by atoms with van der Waals surface area (Å²) in [6.07, 6.45) is -0.212. The van der Waals surface area contributed by atoms with Gasteiger partial charge >= 0.3 is 0 Å². The number of nitrogens with zero attached hydrogens (tertiary/aromatic N) is 2.